The van der Waals surface area contributed by atoms with Crippen LogP contribution in [-0.4, -0.2) is 31.8 Å². The molecule has 0 aliphatic heterocycles. The SMILES string of the molecule is CC(CCC(=O)c1ccc(O[Si](C)(C)C(C)(C)C)cc1)NC(=O)OC(C)(C)C. The lowest BCUT2D eigenvalue weighted by atomic mass is 10.0. The van der Waals surface area contributed by atoms with E-state index in [0.29, 0.717) is 18.4 Å². The fourth-order valence-electron chi connectivity index (χ4n) is 2.23. The van der Waals surface area contributed by atoms with E-state index in [-0.39, 0.29) is 16.9 Å². The highest BCUT2D eigenvalue weighted by atomic mass is 28.4. The second-order valence-electron chi connectivity index (χ2n) is 9.90. The second kappa shape index (κ2) is 9.12. The Hall–Kier alpha value is -1.82. The Balaban J connectivity index is 2.56. The van der Waals surface area contributed by atoms with Gasteiger partial charge in [0.2, 0.25) is 8.32 Å². The molecule has 1 rings (SSSR count). The molecule has 158 valence electrons. The van der Waals surface area contributed by atoms with E-state index in [1.165, 1.54) is 0 Å². The predicted octanol–water partition coefficient (Wildman–Crippen LogP) is 5.95. The molecule has 0 radical (unpaired) electrons. The average Bonchev–Trinajstić information content (AvgIpc) is 2.50. The van der Waals surface area contributed by atoms with Gasteiger partial charge in [0.05, 0.1) is 0 Å². The first-order valence-corrected chi connectivity index (χ1v) is 12.8. The zero-order chi connectivity index (χ0) is 21.8. The molecule has 0 fully saturated rings. The van der Waals surface area contributed by atoms with Crippen LogP contribution in [0.5, 0.6) is 5.75 Å². The molecule has 0 aromatic heterocycles. The standard InChI is InChI=1S/C22H37NO4Si/c1-16(23-20(25)26-21(2,3)4)10-15-19(24)17-11-13-18(14-12-17)27-28(8,9)22(5,6)7/h11-14,16H,10,15H2,1-9H3,(H,23,25). The van der Waals surface area contributed by atoms with E-state index in [0.717, 1.165) is 5.75 Å². The largest absolute Gasteiger partial charge is 0.544 e. The van der Waals surface area contributed by atoms with E-state index in [1.54, 1.807) is 0 Å². The molecular formula is C22H37NO4Si. The Morgan fingerprint density at radius 3 is 2.04 bits per heavy atom. The minimum Gasteiger partial charge on any atom is -0.544 e. The Labute approximate surface area is 171 Å². The summed E-state index contributed by atoms with van der Waals surface area (Å²) in [4.78, 5) is 24.2. The first kappa shape index (κ1) is 24.2. The summed E-state index contributed by atoms with van der Waals surface area (Å²) in [6.07, 6.45) is 0.458. The summed E-state index contributed by atoms with van der Waals surface area (Å²) >= 11 is 0. The molecule has 0 saturated heterocycles. The number of hydrogen-bond donors (Lipinski definition) is 1. The summed E-state index contributed by atoms with van der Waals surface area (Å²) in [5.74, 6) is 0.861. The van der Waals surface area contributed by atoms with Crippen molar-refractivity contribution in [3.63, 3.8) is 0 Å². The Kier molecular flexibility index (Phi) is 7.88. The molecule has 1 aromatic carbocycles. The fraction of sp³-hybridized carbons (Fsp3) is 0.636. The van der Waals surface area contributed by atoms with Crippen molar-refractivity contribution in [1.82, 2.24) is 5.32 Å². The van der Waals surface area contributed by atoms with Gasteiger partial charge in [0.25, 0.3) is 0 Å². The molecule has 1 amide bonds. The van der Waals surface area contributed by atoms with Gasteiger partial charge in [0.1, 0.15) is 11.4 Å². The van der Waals surface area contributed by atoms with Gasteiger partial charge in [0, 0.05) is 18.0 Å². The van der Waals surface area contributed by atoms with Gasteiger partial charge >= 0.3 is 6.09 Å². The molecule has 6 heteroatoms. The molecule has 28 heavy (non-hydrogen) atoms. The first-order valence-electron chi connectivity index (χ1n) is 9.92. The average molecular weight is 408 g/mol. The van der Waals surface area contributed by atoms with Gasteiger partial charge in [-0.05, 0) is 76.5 Å². The van der Waals surface area contributed by atoms with Crippen molar-refractivity contribution in [2.24, 2.45) is 0 Å². The zero-order valence-electron chi connectivity index (χ0n) is 18.9. The number of nitrogens with one attached hydrogen (secondary N) is 1. The number of alkyl carbamates (subject to hydrolysis) is 1. The lowest BCUT2D eigenvalue weighted by Crippen LogP contribution is -2.43. The quantitative estimate of drug-likeness (QED) is 0.448. The van der Waals surface area contributed by atoms with Gasteiger partial charge in [-0.15, -0.1) is 0 Å². The number of Topliss-reactive ketones (excluding diaryl/α,β-unsaturated/α-hetero) is 1. The monoisotopic (exact) mass is 407 g/mol. The van der Waals surface area contributed by atoms with E-state index < -0.39 is 20.0 Å². The molecule has 1 unspecified atom stereocenters. The van der Waals surface area contributed by atoms with E-state index >= 15 is 0 Å². The van der Waals surface area contributed by atoms with Crippen molar-refractivity contribution in [1.29, 1.82) is 0 Å². The van der Waals surface area contributed by atoms with Crippen molar-refractivity contribution in [3.05, 3.63) is 29.8 Å². The van der Waals surface area contributed by atoms with Crippen LogP contribution in [0, 0.1) is 0 Å². The maximum absolute atomic E-state index is 12.4. The topological polar surface area (TPSA) is 64.6 Å². The number of benzene rings is 1. The summed E-state index contributed by atoms with van der Waals surface area (Å²) < 4.78 is 11.5. The number of carbonyl (C=O) groups is 2. The summed E-state index contributed by atoms with van der Waals surface area (Å²) in [6.45, 7) is 18.3. The molecule has 1 atom stereocenters. The predicted molar refractivity (Wildman–Crippen MR) is 117 cm³/mol. The third-order valence-electron chi connectivity index (χ3n) is 4.92. The Bertz CT molecular complexity index is 669. The summed E-state index contributed by atoms with van der Waals surface area (Å²) in [6, 6.07) is 7.24. The fourth-order valence-corrected chi connectivity index (χ4v) is 3.26. The maximum Gasteiger partial charge on any atom is 0.407 e. The number of ketones is 1. The number of amides is 1. The Morgan fingerprint density at radius 1 is 1.04 bits per heavy atom. The van der Waals surface area contributed by atoms with Gasteiger partial charge in [-0.3, -0.25) is 4.79 Å². The van der Waals surface area contributed by atoms with Crippen LogP contribution in [-0.2, 0) is 4.74 Å². The van der Waals surface area contributed by atoms with Crippen LogP contribution in [0.3, 0.4) is 0 Å². The third kappa shape index (κ3) is 8.05. The van der Waals surface area contributed by atoms with Gasteiger partial charge in [0.15, 0.2) is 5.78 Å². The van der Waals surface area contributed by atoms with Gasteiger partial charge in [-0.1, -0.05) is 20.8 Å². The highest BCUT2D eigenvalue weighted by Gasteiger charge is 2.38. The highest BCUT2D eigenvalue weighted by molar-refractivity contribution is 6.74. The van der Waals surface area contributed by atoms with Crippen molar-refractivity contribution in [3.8, 4) is 5.75 Å². The van der Waals surface area contributed by atoms with Crippen LogP contribution in [0.15, 0.2) is 24.3 Å². The summed E-state index contributed by atoms with van der Waals surface area (Å²) in [7, 11) is -1.89. The smallest absolute Gasteiger partial charge is 0.407 e. The van der Waals surface area contributed by atoms with Crippen molar-refractivity contribution in [2.75, 3.05) is 0 Å². The molecule has 0 saturated carbocycles. The molecule has 0 aliphatic carbocycles. The van der Waals surface area contributed by atoms with Crippen LogP contribution >= 0.6 is 0 Å². The number of ether oxygens (including phenoxy) is 1. The van der Waals surface area contributed by atoms with Gasteiger partial charge in [-0.2, -0.15) is 0 Å². The van der Waals surface area contributed by atoms with E-state index in [2.05, 4.69) is 39.2 Å². The minimum absolute atomic E-state index is 0.0525. The van der Waals surface area contributed by atoms with E-state index in [4.69, 9.17) is 9.16 Å². The van der Waals surface area contributed by atoms with Gasteiger partial charge in [-0.25, -0.2) is 4.79 Å². The molecule has 0 bridgehead atoms. The molecule has 1 N–H and O–H groups in total. The van der Waals surface area contributed by atoms with Crippen LogP contribution in [0.25, 0.3) is 0 Å². The Morgan fingerprint density at radius 2 is 1.57 bits per heavy atom. The van der Waals surface area contributed by atoms with Crippen LogP contribution < -0.4 is 9.74 Å². The third-order valence-corrected chi connectivity index (χ3v) is 9.28. The normalized spacial score (nSPS) is 13.6. The van der Waals surface area contributed by atoms with Crippen LogP contribution in [0.4, 0.5) is 4.79 Å². The molecule has 0 heterocycles. The lowest BCUT2D eigenvalue weighted by molar-refractivity contribution is 0.0504. The highest BCUT2D eigenvalue weighted by Crippen LogP contribution is 2.37. The number of carbonyl (C=O) groups excluding carboxylic acids is 2. The van der Waals surface area contributed by atoms with Crippen molar-refractivity contribution in [2.45, 2.75) is 91.1 Å². The van der Waals surface area contributed by atoms with Gasteiger partial charge < -0.3 is 14.5 Å². The molecule has 0 spiro atoms. The van der Waals surface area contributed by atoms with Crippen molar-refractivity contribution < 1.29 is 18.8 Å². The second-order valence-corrected chi connectivity index (χ2v) is 14.6. The molecule has 0 aliphatic rings. The molecule has 5 nitrogen and oxygen atoms in total. The number of rotatable bonds is 7. The number of hydrogen-bond acceptors (Lipinski definition) is 4. The van der Waals surface area contributed by atoms with E-state index in [1.807, 2.05) is 52.0 Å². The van der Waals surface area contributed by atoms with E-state index in [9.17, 15) is 9.59 Å². The first-order chi connectivity index (χ1) is 12.6. The zero-order valence-corrected chi connectivity index (χ0v) is 19.9. The minimum atomic E-state index is -1.89. The summed E-state index contributed by atoms with van der Waals surface area (Å²) in [5, 5.41) is 2.89. The van der Waals surface area contributed by atoms with Crippen molar-refractivity contribution >= 4 is 20.2 Å². The van der Waals surface area contributed by atoms with Crippen LogP contribution in [0.1, 0.15) is 71.7 Å². The molecule has 1 aromatic rings. The molecular weight excluding hydrogens is 370 g/mol. The van der Waals surface area contributed by atoms with Crippen LogP contribution in [0.2, 0.25) is 18.1 Å². The summed E-state index contributed by atoms with van der Waals surface area (Å²) in [5.41, 5.74) is 0.125. The lowest BCUT2D eigenvalue weighted by Gasteiger charge is -2.36. The maximum atomic E-state index is 12.4.